The van der Waals surface area contributed by atoms with Gasteiger partial charge >= 0.3 is 0 Å². The topological polar surface area (TPSA) is 104 Å². The molecule has 3 aromatic rings. The van der Waals surface area contributed by atoms with Crippen molar-refractivity contribution in [3.05, 3.63) is 59.3 Å². The summed E-state index contributed by atoms with van der Waals surface area (Å²) in [5, 5.41) is 20.8. The summed E-state index contributed by atoms with van der Waals surface area (Å²) in [5.41, 5.74) is -0.844. The number of nitrogens with zero attached hydrogens (tertiary/aromatic N) is 4. The molecule has 0 radical (unpaired) electrons. The first-order valence-corrected chi connectivity index (χ1v) is 9.48. The van der Waals surface area contributed by atoms with Crippen molar-refractivity contribution >= 4 is 23.2 Å². The molecule has 0 aliphatic carbocycles. The maximum absolute atomic E-state index is 15.6. The van der Waals surface area contributed by atoms with Gasteiger partial charge in [-0.2, -0.15) is 5.10 Å². The fourth-order valence-corrected chi connectivity index (χ4v) is 3.10. The SMILES string of the molecule is CCNC[C@@](C)(O)[C@H](F)[C@H](NC(=O)c1cccnc1)c1cnn2cc(Cl)cnc12. The Morgan fingerprint density at radius 1 is 1.41 bits per heavy atom. The maximum Gasteiger partial charge on any atom is 0.253 e. The standard InChI is InChI=1S/C19H22ClFN6O2/c1-3-22-11-19(2,29)16(21)15(26-18(28)12-5-4-6-23-7-12)14-9-25-27-10-13(20)8-24-17(14)27/h4-10,15-16,22,29H,3,11H2,1-2H3,(H,26,28)/t15-,16-,19-/m1/s1. The van der Waals surface area contributed by atoms with Crippen LogP contribution in [0.25, 0.3) is 5.65 Å². The molecule has 154 valence electrons. The van der Waals surface area contributed by atoms with Crippen molar-refractivity contribution in [1.29, 1.82) is 0 Å². The highest BCUT2D eigenvalue weighted by Crippen LogP contribution is 2.30. The van der Waals surface area contributed by atoms with Crippen molar-refractivity contribution in [2.24, 2.45) is 0 Å². The molecule has 3 atom stereocenters. The fraction of sp³-hybridized carbons (Fsp3) is 0.368. The van der Waals surface area contributed by atoms with Crippen LogP contribution in [0.5, 0.6) is 0 Å². The molecular weight excluding hydrogens is 399 g/mol. The van der Waals surface area contributed by atoms with Gasteiger partial charge in [0.1, 0.15) is 5.60 Å². The minimum atomic E-state index is -1.85. The van der Waals surface area contributed by atoms with Gasteiger partial charge < -0.3 is 15.7 Å². The minimum Gasteiger partial charge on any atom is -0.386 e. The number of rotatable bonds is 8. The average Bonchev–Trinajstić information content (AvgIpc) is 3.13. The van der Waals surface area contributed by atoms with E-state index in [1.54, 1.807) is 12.1 Å². The van der Waals surface area contributed by atoms with E-state index in [1.807, 2.05) is 6.92 Å². The van der Waals surface area contributed by atoms with E-state index < -0.39 is 23.7 Å². The maximum atomic E-state index is 15.6. The van der Waals surface area contributed by atoms with Crippen LogP contribution in [0.2, 0.25) is 5.02 Å². The first kappa shape index (κ1) is 21.1. The minimum absolute atomic E-state index is 0.00238. The lowest BCUT2D eigenvalue weighted by atomic mass is 9.90. The van der Waals surface area contributed by atoms with E-state index in [9.17, 15) is 9.90 Å². The number of nitrogens with one attached hydrogen (secondary N) is 2. The lowest BCUT2D eigenvalue weighted by Crippen LogP contribution is -2.51. The zero-order chi connectivity index (χ0) is 21.0. The highest BCUT2D eigenvalue weighted by atomic mass is 35.5. The molecule has 0 aliphatic heterocycles. The molecular formula is C19H22ClFN6O2. The molecule has 0 spiro atoms. The van der Waals surface area contributed by atoms with Crippen LogP contribution in [-0.2, 0) is 0 Å². The smallest absolute Gasteiger partial charge is 0.253 e. The number of halogens is 2. The Morgan fingerprint density at radius 2 is 2.21 bits per heavy atom. The third-order valence-electron chi connectivity index (χ3n) is 4.52. The summed E-state index contributed by atoms with van der Waals surface area (Å²) >= 11 is 5.94. The van der Waals surface area contributed by atoms with Gasteiger partial charge in [0.2, 0.25) is 0 Å². The zero-order valence-electron chi connectivity index (χ0n) is 16.0. The van der Waals surface area contributed by atoms with Crippen molar-refractivity contribution in [3.63, 3.8) is 0 Å². The summed E-state index contributed by atoms with van der Waals surface area (Å²) in [6, 6.07) is 1.97. The number of fused-ring (bicyclic) bond motifs is 1. The van der Waals surface area contributed by atoms with E-state index in [4.69, 9.17) is 11.6 Å². The molecule has 8 nitrogen and oxygen atoms in total. The summed E-state index contributed by atoms with van der Waals surface area (Å²) in [6.45, 7) is 3.79. The molecule has 0 aliphatic rings. The normalized spacial score (nSPS) is 15.6. The molecule has 0 saturated carbocycles. The Kier molecular flexibility index (Phi) is 6.41. The molecule has 0 saturated heterocycles. The second-order valence-corrected chi connectivity index (χ2v) is 7.31. The van der Waals surface area contributed by atoms with Crippen molar-refractivity contribution in [3.8, 4) is 0 Å². The molecule has 0 fully saturated rings. The Hall–Kier alpha value is -2.62. The van der Waals surface area contributed by atoms with Crippen LogP contribution in [0.1, 0.15) is 35.8 Å². The Morgan fingerprint density at radius 3 is 2.90 bits per heavy atom. The number of carbonyl (C=O) groups is 1. The number of hydrogen-bond acceptors (Lipinski definition) is 6. The first-order chi connectivity index (χ1) is 13.8. The van der Waals surface area contributed by atoms with Gasteiger partial charge in [0, 0.05) is 30.7 Å². The van der Waals surface area contributed by atoms with Crippen LogP contribution < -0.4 is 10.6 Å². The van der Waals surface area contributed by atoms with Gasteiger partial charge in [0.15, 0.2) is 11.8 Å². The fourth-order valence-electron chi connectivity index (χ4n) is 2.95. The number of aliphatic hydroxyl groups is 1. The van der Waals surface area contributed by atoms with Gasteiger partial charge in [-0.25, -0.2) is 13.9 Å². The number of alkyl halides is 1. The van der Waals surface area contributed by atoms with Crippen LogP contribution in [-0.4, -0.2) is 55.5 Å². The molecule has 1 amide bonds. The molecule has 3 rings (SSSR count). The van der Waals surface area contributed by atoms with Crippen LogP contribution >= 0.6 is 11.6 Å². The van der Waals surface area contributed by atoms with E-state index >= 15 is 4.39 Å². The number of hydrogen-bond donors (Lipinski definition) is 3. The summed E-state index contributed by atoms with van der Waals surface area (Å²) < 4.78 is 17.0. The van der Waals surface area contributed by atoms with E-state index in [1.165, 1.54) is 42.4 Å². The van der Waals surface area contributed by atoms with Crippen molar-refractivity contribution < 1.29 is 14.3 Å². The first-order valence-electron chi connectivity index (χ1n) is 9.10. The quantitative estimate of drug-likeness (QED) is 0.514. The lowest BCUT2D eigenvalue weighted by molar-refractivity contribution is -0.0331. The van der Waals surface area contributed by atoms with Crippen LogP contribution in [0.3, 0.4) is 0 Å². The van der Waals surface area contributed by atoms with Gasteiger partial charge in [-0.15, -0.1) is 0 Å². The molecule has 3 heterocycles. The van der Waals surface area contributed by atoms with Crippen molar-refractivity contribution in [2.45, 2.75) is 31.7 Å². The van der Waals surface area contributed by atoms with Crippen LogP contribution in [0.4, 0.5) is 4.39 Å². The largest absolute Gasteiger partial charge is 0.386 e. The lowest BCUT2D eigenvalue weighted by Gasteiger charge is -2.33. The number of aromatic nitrogens is 4. The summed E-state index contributed by atoms with van der Waals surface area (Å²) in [6.07, 6.45) is 5.40. The van der Waals surface area contributed by atoms with Crippen molar-refractivity contribution in [1.82, 2.24) is 30.2 Å². The monoisotopic (exact) mass is 420 g/mol. The predicted molar refractivity (Wildman–Crippen MR) is 107 cm³/mol. The van der Waals surface area contributed by atoms with Crippen molar-refractivity contribution in [2.75, 3.05) is 13.1 Å². The Bertz CT molecular complexity index is 981. The molecule has 0 bridgehead atoms. The molecule has 0 unspecified atom stereocenters. The Balaban J connectivity index is 1.99. The number of pyridine rings is 1. The van der Waals surface area contributed by atoms with E-state index in [0.29, 0.717) is 22.8 Å². The predicted octanol–water partition coefficient (Wildman–Crippen LogP) is 1.95. The van der Waals surface area contributed by atoms with E-state index in [0.717, 1.165) is 0 Å². The number of amides is 1. The molecule has 3 aromatic heterocycles. The van der Waals surface area contributed by atoms with Gasteiger partial charge in [-0.1, -0.05) is 18.5 Å². The second-order valence-electron chi connectivity index (χ2n) is 6.87. The third kappa shape index (κ3) is 4.69. The van der Waals surface area contributed by atoms with Crippen LogP contribution in [0.15, 0.2) is 43.1 Å². The number of likely N-dealkylation sites (N-methyl/N-ethyl adjacent to an activating group) is 1. The molecule has 29 heavy (non-hydrogen) atoms. The van der Waals surface area contributed by atoms with Gasteiger partial charge in [0.05, 0.1) is 29.0 Å². The van der Waals surface area contributed by atoms with Crippen LogP contribution in [0, 0.1) is 0 Å². The molecule has 0 aromatic carbocycles. The highest BCUT2D eigenvalue weighted by molar-refractivity contribution is 6.30. The summed E-state index contributed by atoms with van der Waals surface area (Å²) in [7, 11) is 0. The second kappa shape index (κ2) is 8.81. The molecule has 10 heteroatoms. The summed E-state index contributed by atoms with van der Waals surface area (Å²) in [5.74, 6) is -0.529. The third-order valence-corrected chi connectivity index (χ3v) is 4.71. The van der Waals surface area contributed by atoms with Gasteiger partial charge in [0.25, 0.3) is 5.91 Å². The Labute approximate surface area is 172 Å². The van der Waals surface area contributed by atoms with Gasteiger partial charge in [-0.3, -0.25) is 9.78 Å². The van der Waals surface area contributed by atoms with Gasteiger partial charge in [-0.05, 0) is 25.6 Å². The summed E-state index contributed by atoms with van der Waals surface area (Å²) in [4.78, 5) is 20.8. The van der Waals surface area contributed by atoms with E-state index in [2.05, 4.69) is 25.7 Å². The zero-order valence-corrected chi connectivity index (χ0v) is 16.8. The molecule has 3 N–H and O–H groups in total. The average molecular weight is 421 g/mol. The number of carbonyl (C=O) groups excluding carboxylic acids is 1. The highest BCUT2D eigenvalue weighted by Gasteiger charge is 2.41. The van der Waals surface area contributed by atoms with E-state index in [-0.39, 0.29) is 12.1 Å².